The highest BCUT2D eigenvalue weighted by Gasteiger charge is 2.14. The van der Waals surface area contributed by atoms with Crippen LogP contribution in [0.2, 0.25) is 0 Å². The van der Waals surface area contributed by atoms with Gasteiger partial charge in [-0.25, -0.2) is 9.37 Å². The van der Waals surface area contributed by atoms with Crippen LogP contribution in [-0.4, -0.2) is 23.2 Å². The SMILES string of the molecule is COc1ccc(C(=O)CBr)nc1C1=C/C/C(C)=C(/F)C/C=C\1. The van der Waals surface area contributed by atoms with Crippen molar-refractivity contribution in [3.63, 3.8) is 0 Å². The average Bonchev–Trinajstić information content (AvgIpc) is 2.54. The van der Waals surface area contributed by atoms with Gasteiger partial charge in [-0.05, 0) is 36.6 Å². The van der Waals surface area contributed by atoms with E-state index < -0.39 is 0 Å². The third kappa shape index (κ3) is 3.71. The zero-order chi connectivity index (χ0) is 16.1. The Kier molecular flexibility index (Phi) is 5.66. The molecule has 1 heterocycles. The molecule has 5 heteroatoms. The molecule has 1 aromatic rings. The van der Waals surface area contributed by atoms with E-state index in [-0.39, 0.29) is 23.4 Å². The summed E-state index contributed by atoms with van der Waals surface area (Å²) in [5.41, 5.74) is 2.50. The van der Waals surface area contributed by atoms with E-state index in [2.05, 4.69) is 20.9 Å². The van der Waals surface area contributed by atoms with Gasteiger partial charge in [-0.1, -0.05) is 34.2 Å². The molecule has 0 spiro atoms. The molecule has 0 saturated carbocycles. The van der Waals surface area contributed by atoms with Crippen molar-refractivity contribution >= 4 is 27.3 Å². The van der Waals surface area contributed by atoms with E-state index in [4.69, 9.17) is 4.74 Å². The first kappa shape index (κ1) is 16.6. The Morgan fingerprint density at radius 3 is 2.86 bits per heavy atom. The molecule has 2 rings (SSSR count). The van der Waals surface area contributed by atoms with Crippen molar-refractivity contribution in [2.45, 2.75) is 19.8 Å². The molecule has 0 amide bonds. The Hall–Kier alpha value is -1.75. The molecule has 0 radical (unpaired) electrons. The van der Waals surface area contributed by atoms with Crippen LogP contribution < -0.4 is 4.74 Å². The molecule has 3 nitrogen and oxygen atoms in total. The molecular formula is C17H17BrFNO2. The average molecular weight is 366 g/mol. The second kappa shape index (κ2) is 7.49. The zero-order valence-corrected chi connectivity index (χ0v) is 14.1. The van der Waals surface area contributed by atoms with Gasteiger partial charge in [0.2, 0.25) is 0 Å². The largest absolute Gasteiger partial charge is 0.494 e. The lowest BCUT2D eigenvalue weighted by Gasteiger charge is -2.12. The molecule has 116 valence electrons. The van der Waals surface area contributed by atoms with Gasteiger partial charge in [0, 0.05) is 6.42 Å². The van der Waals surface area contributed by atoms with Crippen molar-refractivity contribution in [2.24, 2.45) is 0 Å². The van der Waals surface area contributed by atoms with Gasteiger partial charge in [-0.2, -0.15) is 0 Å². The summed E-state index contributed by atoms with van der Waals surface area (Å²) in [5.74, 6) is 0.390. The molecule has 0 atom stereocenters. The van der Waals surface area contributed by atoms with Crippen molar-refractivity contribution in [3.05, 3.63) is 53.1 Å². The minimum atomic E-state index is -0.102. The van der Waals surface area contributed by atoms with Crippen LogP contribution >= 0.6 is 15.9 Å². The van der Waals surface area contributed by atoms with Gasteiger partial charge in [0.1, 0.15) is 23.0 Å². The number of allylic oxidation sites excluding steroid dienone is 6. The highest BCUT2D eigenvalue weighted by atomic mass is 79.9. The summed E-state index contributed by atoms with van der Waals surface area (Å²) in [7, 11) is 1.56. The molecule has 0 saturated heterocycles. The Morgan fingerprint density at radius 1 is 1.41 bits per heavy atom. The number of methoxy groups -OCH3 is 1. The number of ketones is 1. The van der Waals surface area contributed by atoms with Gasteiger partial charge in [0.25, 0.3) is 0 Å². The first-order valence-electron chi connectivity index (χ1n) is 6.92. The summed E-state index contributed by atoms with van der Waals surface area (Å²) in [6.45, 7) is 1.78. The van der Waals surface area contributed by atoms with Crippen LogP contribution in [0.1, 0.15) is 35.9 Å². The maximum absolute atomic E-state index is 13.6. The molecule has 0 N–H and O–H groups in total. The van der Waals surface area contributed by atoms with Crippen LogP contribution in [0.15, 0.2) is 41.8 Å². The smallest absolute Gasteiger partial charge is 0.191 e. The lowest BCUT2D eigenvalue weighted by Crippen LogP contribution is -2.06. The van der Waals surface area contributed by atoms with Gasteiger partial charge < -0.3 is 4.74 Å². The number of rotatable bonds is 4. The van der Waals surface area contributed by atoms with Gasteiger partial charge in [-0.15, -0.1) is 0 Å². The number of alkyl halides is 1. The molecule has 0 fully saturated rings. The van der Waals surface area contributed by atoms with Gasteiger partial charge in [0.05, 0.1) is 12.4 Å². The molecule has 1 aliphatic rings. The Labute approximate surface area is 137 Å². The van der Waals surface area contributed by atoms with Crippen molar-refractivity contribution in [1.29, 1.82) is 0 Å². The molecule has 0 aromatic carbocycles. The lowest BCUT2D eigenvalue weighted by molar-refractivity contribution is 0.101. The quantitative estimate of drug-likeness (QED) is 0.576. The maximum atomic E-state index is 13.6. The second-order valence-electron chi connectivity index (χ2n) is 4.96. The minimum absolute atomic E-state index is 0.0959. The summed E-state index contributed by atoms with van der Waals surface area (Å²) in [6.07, 6.45) is 6.25. The molecule has 1 aromatic heterocycles. The first-order valence-corrected chi connectivity index (χ1v) is 8.04. The molecule has 0 aliphatic heterocycles. The summed E-state index contributed by atoms with van der Waals surface area (Å²) < 4.78 is 19.0. The molecule has 0 bridgehead atoms. The van der Waals surface area contributed by atoms with Crippen LogP contribution in [0, 0.1) is 0 Å². The van der Waals surface area contributed by atoms with Crippen LogP contribution in [0.5, 0.6) is 5.75 Å². The molecular weight excluding hydrogens is 349 g/mol. The Bertz CT molecular complexity index is 677. The Balaban J connectivity index is 2.48. The maximum Gasteiger partial charge on any atom is 0.191 e. The number of carbonyl (C=O) groups is 1. The molecule has 1 aliphatic carbocycles. The van der Waals surface area contributed by atoms with Crippen LogP contribution in [-0.2, 0) is 0 Å². The molecule has 0 unspecified atom stereocenters. The number of carbonyl (C=O) groups excluding carboxylic acids is 1. The van der Waals surface area contributed by atoms with Crippen LogP contribution in [0.25, 0.3) is 5.57 Å². The Morgan fingerprint density at radius 2 is 2.18 bits per heavy atom. The van der Waals surface area contributed by atoms with Crippen LogP contribution in [0.3, 0.4) is 0 Å². The number of aromatic nitrogens is 1. The van der Waals surface area contributed by atoms with Crippen molar-refractivity contribution in [3.8, 4) is 5.75 Å². The van der Waals surface area contributed by atoms with Crippen molar-refractivity contribution < 1.29 is 13.9 Å². The summed E-state index contributed by atoms with van der Waals surface area (Å²) in [6, 6.07) is 3.37. The van der Waals surface area contributed by atoms with Crippen LogP contribution in [0.4, 0.5) is 4.39 Å². The van der Waals surface area contributed by atoms with Crippen molar-refractivity contribution in [2.75, 3.05) is 12.4 Å². The topological polar surface area (TPSA) is 39.2 Å². The monoisotopic (exact) mass is 365 g/mol. The number of halogens is 2. The number of hydrogen-bond donors (Lipinski definition) is 0. The summed E-state index contributed by atoms with van der Waals surface area (Å²) in [4.78, 5) is 16.2. The third-order valence-corrected chi connectivity index (χ3v) is 3.95. The predicted octanol–water partition coefficient (Wildman–Crippen LogP) is 4.64. The van der Waals surface area contributed by atoms with E-state index in [1.165, 1.54) is 0 Å². The van der Waals surface area contributed by atoms with E-state index in [0.717, 1.165) is 5.57 Å². The number of hydrogen-bond acceptors (Lipinski definition) is 3. The summed E-state index contributed by atoms with van der Waals surface area (Å²) in [5, 5.41) is 0.216. The van der Waals surface area contributed by atoms with E-state index in [9.17, 15) is 9.18 Å². The van der Waals surface area contributed by atoms with E-state index in [1.807, 2.05) is 12.2 Å². The summed E-state index contributed by atoms with van der Waals surface area (Å²) >= 11 is 3.15. The zero-order valence-electron chi connectivity index (χ0n) is 12.5. The second-order valence-corrected chi connectivity index (χ2v) is 5.52. The van der Waals surface area contributed by atoms with E-state index in [1.54, 1.807) is 32.2 Å². The predicted molar refractivity (Wildman–Crippen MR) is 89.1 cm³/mol. The fraction of sp³-hybridized carbons (Fsp3) is 0.294. The van der Waals surface area contributed by atoms with Gasteiger partial charge in [-0.3, -0.25) is 4.79 Å². The minimum Gasteiger partial charge on any atom is -0.494 e. The number of nitrogens with zero attached hydrogens (tertiary/aromatic N) is 1. The highest BCUT2D eigenvalue weighted by Crippen LogP contribution is 2.29. The van der Waals surface area contributed by atoms with E-state index in [0.29, 0.717) is 29.1 Å². The number of pyridine rings is 1. The van der Waals surface area contributed by atoms with E-state index >= 15 is 0 Å². The standard InChI is InChI=1S/C17H17BrFNO2/c1-11-6-7-12(4-3-5-13(11)19)17-16(22-2)9-8-14(20-17)15(21)10-18/h3-4,7-9H,5-6,10H2,1-2H3/b4-3-,12-7+,13-11+. The fourth-order valence-corrected chi connectivity index (χ4v) is 2.41. The third-order valence-electron chi connectivity index (χ3n) is 3.44. The van der Waals surface area contributed by atoms with Crippen molar-refractivity contribution in [1.82, 2.24) is 4.98 Å². The van der Waals surface area contributed by atoms with Gasteiger partial charge in [0.15, 0.2) is 5.78 Å². The van der Waals surface area contributed by atoms with Gasteiger partial charge >= 0.3 is 0 Å². The fourth-order valence-electron chi connectivity index (χ4n) is 2.12. The molecule has 22 heavy (non-hydrogen) atoms. The number of ether oxygens (including phenoxy) is 1. The highest BCUT2D eigenvalue weighted by molar-refractivity contribution is 9.09. The normalized spacial score (nSPS) is 22.3. The first-order chi connectivity index (χ1) is 10.6. The lowest BCUT2D eigenvalue weighted by atomic mass is 10.0. The number of Topliss-reactive ketones (excluding diaryl/α,β-unsaturated/α-hetero) is 1.